The molecule has 8 aromatic rings. The molecule has 1 aliphatic rings. The van der Waals surface area contributed by atoms with Gasteiger partial charge in [0.1, 0.15) is 7.14 Å². The molecule has 0 aliphatic heterocycles. The molecule has 1 fully saturated rings. The van der Waals surface area contributed by atoms with Gasteiger partial charge in [-0.3, -0.25) is 0 Å². The molecule has 0 atom stereocenters. The molecule has 7 aromatic carbocycles. The molecule has 9 rings (SSSR count). The Bertz CT molecular complexity index is 2600. The summed E-state index contributed by atoms with van der Waals surface area (Å²) >= 11 is 0. The van der Waals surface area contributed by atoms with Gasteiger partial charge in [0, 0.05) is 27.4 Å². The smallest absolute Gasteiger partial charge is 0.164 e. The fraction of sp³-hybridized carbons (Fsp3) is 0.151. The molecular formula is C53H46N3OP. The molecule has 0 N–H and O–H groups in total. The van der Waals surface area contributed by atoms with Crippen molar-refractivity contribution in [2.75, 3.05) is 13.3 Å². The molecule has 0 bridgehead atoms. The van der Waals surface area contributed by atoms with Crippen LogP contribution in [0.3, 0.4) is 0 Å². The summed E-state index contributed by atoms with van der Waals surface area (Å²) in [7, 11) is -2.31. The lowest BCUT2D eigenvalue weighted by Crippen LogP contribution is -2.30. The van der Waals surface area contributed by atoms with Crippen molar-refractivity contribution in [1.82, 2.24) is 15.0 Å². The van der Waals surface area contributed by atoms with Crippen LogP contribution in [0.2, 0.25) is 0 Å². The Kier molecular flexibility index (Phi) is 10.3. The number of aromatic nitrogens is 3. The molecule has 58 heavy (non-hydrogen) atoms. The third-order valence-electron chi connectivity index (χ3n) is 11.8. The third kappa shape index (κ3) is 7.73. The van der Waals surface area contributed by atoms with Gasteiger partial charge in [-0.2, -0.15) is 0 Å². The lowest BCUT2D eigenvalue weighted by atomic mass is 9.65. The first-order valence-electron chi connectivity index (χ1n) is 20.3. The Morgan fingerprint density at radius 1 is 0.379 bits per heavy atom. The second-order valence-electron chi connectivity index (χ2n) is 15.9. The zero-order valence-electron chi connectivity index (χ0n) is 33.1. The minimum absolute atomic E-state index is 0.0916. The zero-order valence-corrected chi connectivity index (χ0v) is 33.9. The van der Waals surface area contributed by atoms with Gasteiger partial charge in [0.05, 0.1) is 0 Å². The highest BCUT2D eigenvalue weighted by molar-refractivity contribution is 7.70. The van der Waals surface area contributed by atoms with Crippen LogP contribution in [0.25, 0.3) is 67.5 Å². The van der Waals surface area contributed by atoms with E-state index in [-0.39, 0.29) is 5.41 Å². The van der Waals surface area contributed by atoms with E-state index in [2.05, 4.69) is 158 Å². The highest BCUT2D eigenvalue weighted by Crippen LogP contribution is 2.46. The number of rotatable bonds is 9. The van der Waals surface area contributed by atoms with E-state index in [4.69, 9.17) is 15.0 Å². The van der Waals surface area contributed by atoms with Crippen molar-refractivity contribution in [3.8, 4) is 67.5 Å². The number of hydrogen-bond acceptors (Lipinski definition) is 4. The van der Waals surface area contributed by atoms with Crippen molar-refractivity contribution >= 4 is 12.4 Å². The first-order chi connectivity index (χ1) is 28.3. The molecule has 1 aliphatic carbocycles. The molecule has 0 amide bonds. The molecule has 1 aromatic heterocycles. The predicted molar refractivity (Wildman–Crippen MR) is 242 cm³/mol. The Morgan fingerprint density at radius 2 is 0.759 bits per heavy atom. The van der Waals surface area contributed by atoms with Gasteiger partial charge in [0.15, 0.2) is 17.5 Å². The summed E-state index contributed by atoms with van der Waals surface area (Å²) in [6.07, 6.45) is 5.83. The normalized spacial score (nSPS) is 13.9. The Labute approximate surface area is 342 Å². The van der Waals surface area contributed by atoms with Crippen LogP contribution in [0.4, 0.5) is 0 Å². The van der Waals surface area contributed by atoms with Gasteiger partial charge < -0.3 is 4.57 Å². The van der Waals surface area contributed by atoms with E-state index in [1.54, 1.807) is 0 Å². The summed E-state index contributed by atoms with van der Waals surface area (Å²) in [5.41, 5.74) is 12.4. The number of benzene rings is 7. The quantitative estimate of drug-likeness (QED) is 0.137. The average Bonchev–Trinajstić information content (AvgIpc) is 3.29. The lowest BCUT2D eigenvalue weighted by molar-refractivity contribution is 0.346. The second-order valence-corrected chi connectivity index (χ2v) is 19.1. The predicted octanol–water partition coefficient (Wildman–Crippen LogP) is 13.4. The summed E-state index contributed by atoms with van der Waals surface area (Å²) < 4.78 is 12.7. The maximum Gasteiger partial charge on any atom is 0.164 e. The molecule has 0 saturated heterocycles. The van der Waals surface area contributed by atoms with Crippen molar-refractivity contribution in [2.24, 2.45) is 0 Å². The Balaban J connectivity index is 1.08. The van der Waals surface area contributed by atoms with Crippen LogP contribution in [-0.4, -0.2) is 28.3 Å². The lowest BCUT2D eigenvalue weighted by Gasteiger charge is -2.39. The van der Waals surface area contributed by atoms with E-state index in [1.807, 2.05) is 37.6 Å². The summed E-state index contributed by atoms with van der Waals surface area (Å²) in [6, 6.07) is 64.2. The van der Waals surface area contributed by atoms with Crippen LogP contribution in [0.5, 0.6) is 0 Å². The highest BCUT2D eigenvalue weighted by atomic mass is 31.2. The van der Waals surface area contributed by atoms with Crippen LogP contribution >= 0.6 is 7.14 Å². The van der Waals surface area contributed by atoms with E-state index in [0.29, 0.717) is 17.5 Å². The van der Waals surface area contributed by atoms with Crippen LogP contribution < -0.4 is 5.30 Å². The van der Waals surface area contributed by atoms with Gasteiger partial charge in [-0.05, 0) is 70.7 Å². The van der Waals surface area contributed by atoms with Crippen molar-refractivity contribution in [2.45, 2.75) is 37.5 Å². The summed E-state index contributed by atoms with van der Waals surface area (Å²) in [4.78, 5) is 15.3. The zero-order chi connectivity index (χ0) is 39.5. The van der Waals surface area contributed by atoms with Crippen LogP contribution in [-0.2, 0) is 9.98 Å². The fourth-order valence-electron chi connectivity index (χ4n) is 8.49. The highest BCUT2D eigenvalue weighted by Gasteiger charge is 2.36. The van der Waals surface area contributed by atoms with Gasteiger partial charge in [0.25, 0.3) is 0 Å². The average molecular weight is 772 g/mol. The van der Waals surface area contributed by atoms with Crippen LogP contribution in [0.15, 0.2) is 182 Å². The second kappa shape index (κ2) is 16.0. The van der Waals surface area contributed by atoms with Crippen molar-refractivity contribution in [3.63, 3.8) is 0 Å². The molecule has 0 spiro atoms. The monoisotopic (exact) mass is 771 g/mol. The minimum atomic E-state index is -2.31. The largest absolute Gasteiger partial charge is 0.319 e. The van der Waals surface area contributed by atoms with Gasteiger partial charge >= 0.3 is 0 Å². The van der Waals surface area contributed by atoms with E-state index in [9.17, 15) is 4.57 Å². The Hall–Kier alpha value is -6.22. The maximum atomic E-state index is 12.7. The van der Waals surface area contributed by atoms with Gasteiger partial charge in [0.2, 0.25) is 0 Å². The van der Waals surface area contributed by atoms with Gasteiger partial charge in [-0.1, -0.05) is 201 Å². The van der Waals surface area contributed by atoms with Gasteiger partial charge in [-0.25, -0.2) is 15.0 Å². The van der Waals surface area contributed by atoms with E-state index in [0.717, 1.165) is 51.5 Å². The van der Waals surface area contributed by atoms with E-state index < -0.39 is 7.14 Å². The molecule has 0 radical (unpaired) electrons. The Morgan fingerprint density at radius 3 is 1.22 bits per heavy atom. The first-order valence-corrected chi connectivity index (χ1v) is 22.9. The molecule has 1 saturated carbocycles. The van der Waals surface area contributed by atoms with E-state index in [1.165, 1.54) is 47.1 Å². The van der Waals surface area contributed by atoms with Crippen LogP contribution in [0.1, 0.15) is 43.2 Å². The third-order valence-corrected chi connectivity index (χ3v) is 13.3. The SMILES string of the molecule is CP(C)(=O)c1ccc(-c2cccc(C3(c4ccc(-c5nc(-c6ccc(-c7ccccc7)cc6)nc(-c6ccc(-c7ccccc7)cc6)n5)cc4)CCCCC3)c2)cc1. The molecule has 284 valence electrons. The minimum Gasteiger partial charge on any atom is -0.319 e. The molecule has 1 heterocycles. The number of hydrogen-bond donors (Lipinski definition) is 0. The van der Waals surface area contributed by atoms with Crippen molar-refractivity contribution < 1.29 is 4.57 Å². The molecule has 0 unspecified atom stereocenters. The topological polar surface area (TPSA) is 55.7 Å². The molecule has 4 nitrogen and oxygen atoms in total. The molecule has 5 heteroatoms. The molecular weight excluding hydrogens is 726 g/mol. The maximum absolute atomic E-state index is 12.7. The number of nitrogens with zero attached hydrogens (tertiary/aromatic N) is 3. The fourth-order valence-corrected chi connectivity index (χ4v) is 9.36. The van der Waals surface area contributed by atoms with Crippen molar-refractivity contribution in [1.29, 1.82) is 0 Å². The standard InChI is InChI=1S/C53H46N3OP/c1-58(2,57)49-33-29-42(30-34-49)46-17-12-18-48(37-46)53(35-10-5-11-36-53)47-31-27-45(28-32-47)52-55-50(43-23-19-40(20-24-43)38-13-6-3-7-14-38)54-51(56-52)44-25-21-41(22-26-44)39-15-8-4-9-16-39/h3-4,6-9,12-34,37H,5,10-11,35-36H2,1-2H3. The summed E-state index contributed by atoms with van der Waals surface area (Å²) in [6.45, 7) is 3.66. The van der Waals surface area contributed by atoms with Crippen LogP contribution in [0, 0.1) is 0 Å². The van der Waals surface area contributed by atoms with E-state index >= 15 is 0 Å². The van der Waals surface area contributed by atoms with Gasteiger partial charge in [-0.15, -0.1) is 0 Å². The first kappa shape index (κ1) is 37.4. The van der Waals surface area contributed by atoms with Crippen molar-refractivity contribution in [3.05, 3.63) is 193 Å². The summed E-state index contributed by atoms with van der Waals surface area (Å²) in [5, 5.41) is 0.913. The summed E-state index contributed by atoms with van der Waals surface area (Å²) in [5.74, 6) is 1.94.